The number of ether oxygens (including phenoxy) is 1. The van der Waals surface area contributed by atoms with Crippen molar-refractivity contribution >= 4 is 18.1 Å². The molecule has 6 heteroatoms. The minimum atomic E-state index is -0.858. The molecule has 0 fully saturated rings. The van der Waals surface area contributed by atoms with Crippen LogP contribution in [-0.2, 0) is 9.53 Å². The van der Waals surface area contributed by atoms with Crippen LogP contribution in [-0.4, -0.2) is 31.1 Å². The molecule has 1 aromatic rings. The van der Waals surface area contributed by atoms with Gasteiger partial charge in [0.1, 0.15) is 0 Å². The highest BCUT2D eigenvalue weighted by molar-refractivity contribution is 5.97. The second-order valence-electron chi connectivity index (χ2n) is 3.31. The van der Waals surface area contributed by atoms with Gasteiger partial charge in [0.2, 0.25) is 6.41 Å². The number of anilines is 1. The molecule has 17 heavy (non-hydrogen) atoms. The summed E-state index contributed by atoms with van der Waals surface area (Å²) in [7, 11) is 1.24. The molecule has 1 amide bonds. The lowest BCUT2D eigenvalue weighted by Gasteiger charge is -2.12. The fourth-order valence-electron chi connectivity index (χ4n) is 1.37. The molecule has 1 atom stereocenters. The molecule has 0 spiro atoms. The van der Waals surface area contributed by atoms with Crippen molar-refractivity contribution in [3.8, 4) is 0 Å². The van der Waals surface area contributed by atoms with Crippen LogP contribution in [0, 0.1) is 0 Å². The third-order valence-corrected chi connectivity index (χ3v) is 2.27. The highest BCUT2D eigenvalue weighted by atomic mass is 16.5. The van der Waals surface area contributed by atoms with Crippen molar-refractivity contribution in [1.29, 1.82) is 0 Å². The lowest BCUT2D eigenvalue weighted by molar-refractivity contribution is -0.105. The predicted octanol–water partition coefficient (Wildman–Crippen LogP) is 0.0336. The van der Waals surface area contributed by atoms with E-state index in [9.17, 15) is 14.7 Å². The summed E-state index contributed by atoms with van der Waals surface area (Å²) in [5, 5.41) is 11.9. The number of aliphatic hydroxyl groups excluding tert-OH is 1. The largest absolute Gasteiger partial charge is 0.465 e. The number of aliphatic hydroxyl groups is 1. The molecule has 0 radical (unpaired) electrons. The summed E-state index contributed by atoms with van der Waals surface area (Å²) >= 11 is 0. The van der Waals surface area contributed by atoms with E-state index < -0.39 is 12.1 Å². The summed E-state index contributed by atoms with van der Waals surface area (Å²) in [5.74, 6) is -0.597. The van der Waals surface area contributed by atoms with Gasteiger partial charge in [0.25, 0.3) is 0 Å². The average Bonchev–Trinajstić information content (AvgIpc) is 2.37. The lowest BCUT2D eigenvalue weighted by atomic mass is 10.0. The van der Waals surface area contributed by atoms with Crippen LogP contribution in [0.3, 0.4) is 0 Å². The molecule has 0 aliphatic carbocycles. The van der Waals surface area contributed by atoms with Crippen molar-refractivity contribution in [1.82, 2.24) is 0 Å². The Hall–Kier alpha value is -1.92. The first kappa shape index (κ1) is 13.1. The Kier molecular flexibility index (Phi) is 4.62. The van der Waals surface area contributed by atoms with Crippen LogP contribution in [0.2, 0.25) is 0 Å². The van der Waals surface area contributed by atoms with E-state index in [1.807, 2.05) is 0 Å². The quantitative estimate of drug-likeness (QED) is 0.496. The number of carbonyl (C=O) groups excluding carboxylic acids is 2. The van der Waals surface area contributed by atoms with E-state index in [1.165, 1.54) is 19.2 Å². The third kappa shape index (κ3) is 3.02. The second kappa shape index (κ2) is 5.97. The summed E-state index contributed by atoms with van der Waals surface area (Å²) in [5.41, 5.74) is 6.30. The summed E-state index contributed by atoms with van der Waals surface area (Å²) in [6, 6.07) is 4.53. The zero-order valence-electron chi connectivity index (χ0n) is 9.34. The monoisotopic (exact) mass is 238 g/mol. The minimum Gasteiger partial charge on any atom is -0.465 e. The number of methoxy groups -OCH3 is 1. The molecule has 1 unspecified atom stereocenters. The molecular formula is C11H14N2O4. The van der Waals surface area contributed by atoms with E-state index in [-0.39, 0.29) is 12.1 Å². The number of hydrogen-bond donors (Lipinski definition) is 3. The fourth-order valence-corrected chi connectivity index (χ4v) is 1.37. The van der Waals surface area contributed by atoms with E-state index in [2.05, 4.69) is 10.1 Å². The van der Waals surface area contributed by atoms with Crippen LogP contribution < -0.4 is 11.1 Å². The number of amides is 1. The van der Waals surface area contributed by atoms with Crippen LogP contribution in [0.15, 0.2) is 18.2 Å². The highest BCUT2D eigenvalue weighted by Crippen LogP contribution is 2.21. The Labute approximate surface area is 98.4 Å². The summed E-state index contributed by atoms with van der Waals surface area (Å²) in [6.45, 7) is 0.0427. The van der Waals surface area contributed by atoms with Crippen molar-refractivity contribution in [3.05, 3.63) is 29.3 Å². The SMILES string of the molecule is COC(=O)c1cc(C(O)CN)ccc1NC=O. The average molecular weight is 238 g/mol. The van der Waals surface area contributed by atoms with Crippen LogP contribution >= 0.6 is 0 Å². The van der Waals surface area contributed by atoms with E-state index >= 15 is 0 Å². The minimum absolute atomic E-state index is 0.0427. The van der Waals surface area contributed by atoms with Gasteiger partial charge in [-0.25, -0.2) is 4.79 Å². The van der Waals surface area contributed by atoms with Crippen LogP contribution in [0.5, 0.6) is 0 Å². The predicted molar refractivity (Wildman–Crippen MR) is 61.5 cm³/mol. The Morgan fingerprint density at radius 3 is 2.88 bits per heavy atom. The van der Waals surface area contributed by atoms with Crippen molar-refractivity contribution in [2.45, 2.75) is 6.10 Å². The van der Waals surface area contributed by atoms with E-state index in [4.69, 9.17) is 5.73 Å². The first-order valence-electron chi connectivity index (χ1n) is 4.94. The molecule has 6 nitrogen and oxygen atoms in total. The topological polar surface area (TPSA) is 102 Å². The Morgan fingerprint density at radius 1 is 1.65 bits per heavy atom. The molecule has 0 saturated heterocycles. The van der Waals surface area contributed by atoms with Gasteiger partial charge >= 0.3 is 5.97 Å². The molecule has 0 aliphatic rings. The van der Waals surface area contributed by atoms with Crippen LogP contribution in [0.25, 0.3) is 0 Å². The maximum absolute atomic E-state index is 11.5. The van der Waals surface area contributed by atoms with Crippen molar-refractivity contribution in [2.75, 3.05) is 19.0 Å². The van der Waals surface area contributed by atoms with Gasteiger partial charge in [-0.3, -0.25) is 4.79 Å². The maximum Gasteiger partial charge on any atom is 0.339 e. The van der Waals surface area contributed by atoms with Crippen LogP contribution in [0.4, 0.5) is 5.69 Å². The molecule has 4 N–H and O–H groups in total. The molecule has 0 bridgehead atoms. The van der Waals surface area contributed by atoms with E-state index in [0.29, 0.717) is 17.7 Å². The van der Waals surface area contributed by atoms with E-state index in [0.717, 1.165) is 0 Å². The maximum atomic E-state index is 11.5. The van der Waals surface area contributed by atoms with Crippen molar-refractivity contribution < 1.29 is 19.4 Å². The standard InChI is InChI=1S/C11H14N2O4/c1-17-11(16)8-4-7(10(15)5-12)2-3-9(8)13-6-14/h2-4,6,10,15H,5,12H2,1H3,(H,13,14). The Balaban J connectivity index is 3.18. The van der Waals surface area contributed by atoms with Crippen molar-refractivity contribution in [2.24, 2.45) is 5.73 Å². The normalized spacial score (nSPS) is 11.7. The molecular weight excluding hydrogens is 224 g/mol. The zero-order chi connectivity index (χ0) is 12.8. The molecule has 1 rings (SSSR count). The molecule has 0 saturated carbocycles. The molecule has 0 aliphatic heterocycles. The number of nitrogens with two attached hydrogens (primary N) is 1. The van der Waals surface area contributed by atoms with Gasteiger partial charge in [-0.2, -0.15) is 0 Å². The Bertz CT molecular complexity index is 420. The van der Waals surface area contributed by atoms with Crippen molar-refractivity contribution in [3.63, 3.8) is 0 Å². The summed E-state index contributed by atoms with van der Waals surface area (Å²) in [4.78, 5) is 21.9. The van der Waals surface area contributed by atoms with Gasteiger partial charge < -0.3 is 20.9 Å². The molecule has 0 aromatic heterocycles. The van der Waals surface area contributed by atoms with Crippen LogP contribution in [0.1, 0.15) is 22.0 Å². The first-order valence-corrected chi connectivity index (χ1v) is 4.94. The first-order chi connectivity index (χ1) is 8.13. The third-order valence-electron chi connectivity index (χ3n) is 2.27. The second-order valence-corrected chi connectivity index (χ2v) is 3.31. The van der Waals surface area contributed by atoms with E-state index in [1.54, 1.807) is 6.07 Å². The van der Waals surface area contributed by atoms with Gasteiger partial charge in [-0.15, -0.1) is 0 Å². The van der Waals surface area contributed by atoms with Gasteiger partial charge in [0.05, 0.1) is 24.5 Å². The highest BCUT2D eigenvalue weighted by Gasteiger charge is 2.15. The number of nitrogens with one attached hydrogen (secondary N) is 1. The van der Waals surface area contributed by atoms with Gasteiger partial charge in [0, 0.05) is 6.54 Å². The number of rotatable bonds is 5. The molecule has 92 valence electrons. The fraction of sp³-hybridized carbons (Fsp3) is 0.273. The smallest absolute Gasteiger partial charge is 0.339 e. The lowest BCUT2D eigenvalue weighted by Crippen LogP contribution is -2.14. The zero-order valence-corrected chi connectivity index (χ0v) is 9.34. The molecule has 0 heterocycles. The number of hydrogen-bond acceptors (Lipinski definition) is 5. The Morgan fingerprint density at radius 2 is 2.35 bits per heavy atom. The summed E-state index contributed by atoms with van der Waals surface area (Å²) < 4.78 is 4.58. The van der Waals surface area contributed by atoms with Gasteiger partial charge in [-0.05, 0) is 17.7 Å². The number of carbonyl (C=O) groups is 2. The number of benzene rings is 1. The summed E-state index contributed by atoms with van der Waals surface area (Å²) in [6.07, 6.45) is -0.399. The number of esters is 1. The molecule has 1 aromatic carbocycles. The van der Waals surface area contributed by atoms with Gasteiger partial charge in [0.15, 0.2) is 0 Å². The van der Waals surface area contributed by atoms with Gasteiger partial charge in [-0.1, -0.05) is 6.07 Å².